The highest BCUT2D eigenvalue weighted by Gasteiger charge is 2.35. The van der Waals surface area contributed by atoms with Gasteiger partial charge in [-0.3, -0.25) is 4.99 Å². The first-order valence-electron chi connectivity index (χ1n) is 8.31. The molecule has 1 aliphatic rings. The van der Waals surface area contributed by atoms with Gasteiger partial charge in [0.2, 0.25) is 0 Å². The summed E-state index contributed by atoms with van der Waals surface area (Å²) in [4.78, 5) is 4.28. The van der Waals surface area contributed by atoms with E-state index in [1.54, 1.807) is 13.4 Å². The summed E-state index contributed by atoms with van der Waals surface area (Å²) in [5.41, 5.74) is 0.155. The van der Waals surface area contributed by atoms with Crippen LogP contribution in [-0.2, 0) is 18.3 Å². The summed E-state index contributed by atoms with van der Waals surface area (Å²) in [7, 11) is 3.71. The minimum atomic E-state index is 0. The average Bonchev–Trinajstić information content (AvgIpc) is 2.92. The van der Waals surface area contributed by atoms with E-state index >= 15 is 0 Å². The molecule has 1 saturated heterocycles. The van der Waals surface area contributed by atoms with E-state index in [1.165, 1.54) is 6.42 Å². The van der Waals surface area contributed by atoms with E-state index in [1.807, 2.05) is 11.6 Å². The molecule has 0 aliphatic carbocycles. The van der Waals surface area contributed by atoms with Crippen LogP contribution < -0.4 is 10.6 Å². The van der Waals surface area contributed by atoms with E-state index in [0.29, 0.717) is 12.5 Å². The molecule has 1 aromatic rings. The highest BCUT2D eigenvalue weighted by Crippen LogP contribution is 2.33. The molecule has 1 aliphatic heterocycles. The summed E-state index contributed by atoms with van der Waals surface area (Å²) >= 11 is 0. The van der Waals surface area contributed by atoms with Crippen molar-refractivity contribution in [1.82, 2.24) is 25.4 Å². The van der Waals surface area contributed by atoms with Crippen molar-refractivity contribution >= 4 is 29.9 Å². The van der Waals surface area contributed by atoms with Crippen LogP contribution in [0.2, 0.25) is 0 Å². The van der Waals surface area contributed by atoms with E-state index in [4.69, 9.17) is 4.74 Å². The number of nitrogens with zero attached hydrogens (tertiary/aromatic N) is 4. The van der Waals surface area contributed by atoms with Gasteiger partial charge in [0.25, 0.3) is 0 Å². The average molecular weight is 450 g/mol. The summed E-state index contributed by atoms with van der Waals surface area (Å²) in [6.45, 7) is 9.07. The highest BCUT2D eigenvalue weighted by atomic mass is 127. The van der Waals surface area contributed by atoms with E-state index in [0.717, 1.165) is 31.4 Å². The fraction of sp³-hybridized carbons (Fsp3) is 0.812. The summed E-state index contributed by atoms with van der Waals surface area (Å²) < 4.78 is 7.93. The van der Waals surface area contributed by atoms with Crippen LogP contribution in [0.25, 0.3) is 0 Å². The Bertz CT molecular complexity index is 525. The molecule has 24 heavy (non-hydrogen) atoms. The lowest BCUT2D eigenvalue weighted by Gasteiger charge is -2.40. The first-order valence-corrected chi connectivity index (χ1v) is 8.31. The van der Waals surface area contributed by atoms with Crippen LogP contribution in [0.4, 0.5) is 0 Å². The van der Waals surface area contributed by atoms with Crippen molar-refractivity contribution < 1.29 is 4.74 Å². The number of aliphatic imine (C=N–C) groups is 1. The second-order valence-corrected chi connectivity index (χ2v) is 7.22. The van der Waals surface area contributed by atoms with E-state index in [9.17, 15) is 0 Å². The van der Waals surface area contributed by atoms with Crippen molar-refractivity contribution in [1.29, 1.82) is 0 Å². The molecule has 0 spiro atoms. The van der Waals surface area contributed by atoms with Crippen LogP contribution in [0.15, 0.2) is 11.3 Å². The smallest absolute Gasteiger partial charge is 0.191 e. The van der Waals surface area contributed by atoms with Crippen LogP contribution >= 0.6 is 24.0 Å². The highest BCUT2D eigenvalue weighted by molar-refractivity contribution is 14.0. The molecule has 1 aromatic heterocycles. The zero-order valence-corrected chi connectivity index (χ0v) is 17.7. The maximum Gasteiger partial charge on any atom is 0.191 e. The Kier molecular flexibility index (Phi) is 8.41. The summed E-state index contributed by atoms with van der Waals surface area (Å²) in [6, 6.07) is 0. The van der Waals surface area contributed by atoms with Gasteiger partial charge < -0.3 is 19.9 Å². The third-order valence-corrected chi connectivity index (χ3v) is 4.27. The van der Waals surface area contributed by atoms with Crippen molar-refractivity contribution in [2.45, 2.75) is 46.3 Å². The first-order chi connectivity index (χ1) is 10.9. The third-order valence-electron chi connectivity index (χ3n) is 4.27. The molecule has 1 fully saturated rings. The van der Waals surface area contributed by atoms with Crippen LogP contribution in [0.5, 0.6) is 0 Å². The SMILES string of the molecule is CN=C(NCc1nncn1C)NCC1CCCOC1C(C)(C)C.I. The van der Waals surface area contributed by atoms with Gasteiger partial charge in [-0.15, -0.1) is 34.2 Å². The maximum absolute atomic E-state index is 6.03. The number of ether oxygens (including phenoxy) is 1. The number of rotatable bonds is 4. The molecular formula is C16H31IN6O. The fourth-order valence-corrected chi connectivity index (χ4v) is 3.09. The molecule has 0 amide bonds. The topological polar surface area (TPSA) is 76.4 Å². The van der Waals surface area contributed by atoms with Gasteiger partial charge in [-0.2, -0.15) is 0 Å². The van der Waals surface area contributed by atoms with Gasteiger partial charge in [-0.25, -0.2) is 0 Å². The van der Waals surface area contributed by atoms with Gasteiger partial charge in [0.15, 0.2) is 11.8 Å². The molecule has 2 atom stereocenters. The van der Waals surface area contributed by atoms with Crippen LogP contribution in [0.3, 0.4) is 0 Å². The largest absolute Gasteiger partial charge is 0.377 e. The quantitative estimate of drug-likeness (QED) is 0.417. The number of guanidine groups is 1. The molecule has 0 saturated carbocycles. The fourth-order valence-electron chi connectivity index (χ4n) is 3.09. The second-order valence-electron chi connectivity index (χ2n) is 7.22. The Labute approximate surface area is 162 Å². The molecule has 0 aromatic carbocycles. The van der Waals surface area contributed by atoms with Crippen molar-refractivity contribution in [2.75, 3.05) is 20.2 Å². The second kappa shape index (κ2) is 9.55. The molecule has 2 heterocycles. The van der Waals surface area contributed by atoms with Gasteiger partial charge in [-0.1, -0.05) is 20.8 Å². The summed E-state index contributed by atoms with van der Waals surface area (Å²) in [5.74, 6) is 2.16. The van der Waals surface area contributed by atoms with Crippen LogP contribution in [0.1, 0.15) is 39.4 Å². The number of halogens is 1. The molecule has 0 radical (unpaired) electrons. The maximum atomic E-state index is 6.03. The number of nitrogens with one attached hydrogen (secondary N) is 2. The minimum absolute atomic E-state index is 0. The number of aromatic nitrogens is 3. The van der Waals surface area contributed by atoms with Gasteiger partial charge in [0, 0.05) is 33.2 Å². The molecule has 8 heteroatoms. The van der Waals surface area contributed by atoms with Gasteiger partial charge in [0.1, 0.15) is 6.33 Å². The molecule has 2 unspecified atom stereocenters. The van der Waals surface area contributed by atoms with Gasteiger partial charge >= 0.3 is 0 Å². The van der Waals surface area contributed by atoms with Crippen LogP contribution in [0, 0.1) is 11.3 Å². The van der Waals surface area contributed by atoms with E-state index in [-0.39, 0.29) is 35.5 Å². The molecule has 2 N–H and O–H groups in total. The number of hydrogen-bond acceptors (Lipinski definition) is 4. The lowest BCUT2D eigenvalue weighted by atomic mass is 9.78. The standard InChI is InChI=1S/C16H30N6O.HI/c1-16(2,3)14-12(7-6-8-23-14)9-18-15(17-4)19-10-13-21-20-11-22(13)5;/h11-12,14H,6-10H2,1-5H3,(H2,17,18,19);1H. The predicted octanol–water partition coefficient (Wildman–Crippen LogP) is 1.94. The lowest BCUT2D eigenvalue weighted by molar-refractivity contribution is -0.0835. The normalized spacial score (nSPS) is 22.0. The van der Waals surface area contributed by atoms with Crippen molar-refractivity contribution in [2.24, 2.45) is 23.4 Å². The zero-order chi connectivity index (χ0) is 16.9. The summed E-state index contributed by atoms with van der Waals surface area (Å²) in [5, 5.41) is 14.6. The summed E-state index contributed by atoms with van der Waals surface area (Å²) in [6.07, 6.45) is 4.29. The molecule has 0 bridgehead atoms. The van der Waals surface area contributed by atoms with Crippen molar-refractivity contribution in [3.8, 4) is 0 Å². The van der Waals surface area contributed by atoms with E-state index in [2.05, 4.69) is 46.6 Å². The van der Waals surface area contributed by atoms with E-state index < -0.39 is 0 Å². The molecule has 7 nitrogen and oxygen atoms in total. The van der Waals surface area contributed by atoms with Gasteiger partial charge in [0.05, 0.1) is 12.6 Å². The Morgan fingerprint density at radius 3 is 2.75 bits per heavy atom. The van der Waals surface area contributed by atoms with Gasteiger partial charge in [-0.05, 0) is 18.3 Å². The minimum Gasteiger partial charge on any atom is -0.377 e. The first kappa shape index (κ1) is 21.1. The van der Waals surface area contributed by atoms with Crippen molar-refractivity contribution in [3.05, 3.63) is 12.2 Å². The predicted molar refractivity (Wildman–Crippen MR) is 107 cm³/mol. The zero-order valence-electron chi connectivity index (χ0n) is 15.4. The third kappa shape index (κ3) is 5.87. The monoisotopic (exact) mass is 450 g/mol. The Morgan fingerprint density at radius 2 is 2.17 bits per heavy atom. The molecular weight excluding hydrogens is 419 g/mol. The number of aryl methyl sites for hydroxylation is 1. The Morgan fingerprint density at radius 1 is 1.42 bits per heavy atom. The van der Waals surface area contributed by atoms with Crippen molar-refractivity contribution in [3.63, 3.8) is 0 Å². The molecule has 2 rings (SSSR count). The lowest BCUT2D eigenvalue weighted by Crippen LogP contribution is -2.47. The number of hydrogen-bond donors (Lipinski definition) is 2. The van der Waals surface area contributed by atoms with Crippen LogP contribution in [-0.4, -0.2) is 47.0 Å². The Balaban J connectivity index is 0.00000288. The molecule has 138 valence electrons. The Hall–Kier alpha value is -0.900.